The van der Waals surface area contributed by atoms with E-state index in [2.05, 4.69) is 30.9 Å². The highest BCUT2D eigenvalue weighted by atomic mass is 19.1. The first-order valence-electron chi connectivity index (χ1n) is 8.72. The molecule has 0 radical (unpaired) electrons. The molecule has 3 rings (SSSR count). The molecule has 2 aromatic carbocycles. The van der Waals surface area contributed by atoms with Crippen molar-refractivity contribution in [2.24, 2.45) is 11.3 Å². The predicted octanol–water partition coefficient (Wildman–Crippen LogP) is 4.35. The zero-order valence-corrected chi connectivity index (χ0v) is 15.2. The van der Waals surface area contributed by atoms with Crippen LogP contribution in [0.3, 0.4) is 0 Å². The van der Waals surface area contributed by atoms with Gasteiger partial charge in [-0.15, -0.1) is 0 Å². The molecule has 4 nitrogen and oxygen atoms in total. The molecule has 4 N–H and O–H groups in total. The Labute approximate surface area is 149 Å². The van der Waals surface area contributed by atoms with Gasteiger partial charge < -0.3 is 10.6 Å². The maximum absolute atomic E-state index is 13.6. The topological polar surface area (TPSA) is 58.5 Å². The molecule has 25 heavy (non-hydrogen) atoms. The second-order valence-electron chi connectivity index (χ2n) is 7.70. The van der Waals surface area contributed by atoms with Crippen LogP contribution in [-0.2, 0) is 0 Å². The van der Waals surface area contributed by atoms with Gasteiger partial charge in [0.15, 0.2) is 0 Å². The molecule has 5 heteroatoms. The van der Waals surface area contributed by atoms with Crippen LogP contribution >= 0.6 is 0 Å². The number of hydrazine groups is 1. The third kappa shape index (κ3) is 3.71. The summed E-state index contributed by atoms with van der Waals surface area (Å²) in [7, 11) is 0. The van der Waals surface area contributed by atoms with E-state index in [1.54, 1.807) is 13.0 Å². The number of hydrogen-bond donors (Lipinski definition) is 2. The van der Waals surface area contributed by atoms with Crippen LogP contribution in [0.2, 0.25) is 0 Å². The van der Waals surface area contributed by atoms with Crippen molar-refractivity contribution in [3.05, 3.63) is 47.8 Å². The van der Waals surface area contributed by atoms with Gasteiger partial charge in [-0.2, -0.15) is 0 Å². The number of nitrogens with zero attached hydrogens (tertiary/aromatic N) is 2. The van der Waals surface area contributed by atoms with Crippen molar-refractivity contribution in [1.82, 2.24) is 0 Å². The van der Waals surface area contributed by atoms with E-state index in [4.69, 9.17) is 11.6 Å². The Kier molecular flexibility index (Phi) is 4.60. The van der Waals surface area contributed by atoms with E-state index in [0.29, 0.717) is 22.4 Å². The van der Waals surface area contributed by atoms with E-state index >= 15 is 0 Å². The highest BCUT2D eigenvalue weighted by Crippen LogP contribution is 2.34. The molecule has 0 unspecified atom stereocenters. The minimum Gasteiger partial charge on any atom is -0.397 e. The summed E-state index contributed by atoms with van der Waals surface area (Å²) in [4.78, 5) is 2.41. The highest BCUT2D eigenvalue weighted by molar-refractivity contribution is 5.75. The van der Waals surface area contributed by atoms with Gasteiger partial charge in [0.2, 0.25) is 0 Å². The maximum atomic E-state index is 13.6. The molecular weight excluding hydrogens is 315 g/mol. The molecule has 2 aromatic rings. The minimum absolute atomic E-state index is 0.321. The van der Waals surface area contributed by atoms with Gasteiger partial charge in [-0.05, 0) is 67.1 Å². The predicted molar refractivity (Wildman–Crippen MR) is 104 cm³/mol. The summed E-state index contributed by atoms with van der Waals surface area (Å²) >= 11 is 0. The van der Waals surface area contributed by atoms with Crippen molar-refractivity contribution in [3.8, 4) is 0 Å². The number of hydrogen-bond acceptors (Lipinski definition) is 4. The molecule has 1 aliphatic rings. The Morgan fingerprint density at radius 3 is 2.28 bits per heavy atom. The van der Waals surface area contributed by atoms with Crippen molar-refractivity contribution in [3.63, 3.8) is 0 Å². The summed E-state index contributed by atoms with van der Waals surface area (Å²) in [6, 6.07) is 11.1. The fourth-order valence-corrected chi connectivity index (χ4v) is 3.22. The number of nitrogens with two attached hydrogens (primary N) is 2. The Bertz CT molecular complexity index is 745. The van der Waals surface area contributed by atoms with Gasteiger partial charge in [0, 0.05) is 18.8 Å². The molecular formula is C20H27FN4. The Hall–Kier alpha value is -2.27. The van der Waals surface area contributed by atoms with E-state index in [1.807, 2.05) is 12.1 Å². The second kappa shape index (κ2) is 6.56. The van der Waals surface area contributed by atoms with Crippen LogP contribution < -0.4 is 21.5 Å². The first-order chi connectivity index (χ1) is 11.8. The molecule has 0 saturated carbocycles. The van der Waals surface area contributed by atoms with Crippen LogP contribution in [0.25, 0.3) is 0 Å². The normalized spacial score (nSPS) is 16.8. The van der Waals surface area contributed by atoms with E-state index in [1.165, 1.54) is 29.6 Å². The van der Waals surface area contributed by atoms with Gasteiger partial charge in [-0.3, -0.25) is 5.01 Å². The summed E-state index contributed by atoms with van der Waals surface area (Å²) in [6.07, 6.45) is 2.40. The van der Waals surface area contributed by atoms with Gasteiger partial charge in [-0.1, -0.05) is 13.8 Å². The van der Waals surface area contributed by atoms with Crippen molar-refractivity contribution in [2.75, 3.05) is 28.7 Å². The summed E-state index contributed by atoms with van der Waals surface area (Å²) in [5, 5.41) is 1.50. The third-order valence-electron chi connectivity index (χ3n) is 5.18. The lowest BCUT2D eigenvalue weighted by Gasteiger charge is -2.38. The monoisotopic (exact) mass is 342 g/mol. The second-order valence-corrected chi connectivity index (χ2v) is 7.70. The summed E-state index contributed by atoms with van der Waals surface area (Å²) < 4.78 is 13.6. The first kappa shape index (κ1) is 17.5. The van der Waals surface area contributed by atoms with Crippen molar-refractivity contribution >= 4 is 22.7 Å². The van der Waals surface area contributed by atoms with Gasteiger partial charge in [-0.25, -0.2) is 10.2 Å². The Morgan fingerprint density at radius 2 is 1.68 bits per heavy atom. The number of halogens is 1. The molecule has 0 spiro atoms. The van der Waals surface area contributed by atoms with Crippen LogP contribution in [-0.4, -0.2) is 13.1 Å². The number of rotatable bonds is 3. The largest absolute Gasteiger partial charge is 0.397 e. The zero-order chi connectivity index (χ0) is 18.2. The van der Waals surface area contributed by atoms with E-state index < -0.39 is 0 Å². The van der Waals surface area contributed by atoms with Crippen LogP contribution in [0.1, 0.15) is 32.3 Å². The minimum atomic E-state index is -0.321. The van der Waals surface area contributed by atoms with Gasteiger partial charge >= 0.3 is 0 Å². The smallest absolute Gasteiger partial charge is 0.128 e. The van der Waals surface area contributed by atoms with Crippen LogP contribution in [0.15, 0.2) is 36.4 Å². The SMILES string of the molecule is Cc1cc(N(N)c2ccc(N3CCC(C)(C)CC3)cc2)c(N)cc1F. The number of nitrogen functional groups attached to an aromatic ring is 1. The molecule has 1 heterocycles. The standard InChI is InChI=1S/C20H27FN4/c1-14-12-19(18(22)13-17(14)21)25(23)16-6-4-15(5-7-16)24-10-8-20(2,3)9-11-24/h4-7,12-13H,8-11,22-23H2,1-3H3. The lowest BCUT2D eigenvalue weighted by Crippen LogP contribution is -2.37. The molecule has 0 aromatic heterocycles. The van der Waals surface area contributed by atoms with E-state index in [-0.39, 0.29) is 5.82 Å². The average molecular weight is 342 g/mol. The molecule has 1 aliphatic heterocycles. The number of aryl methyl sites for hydroxylation is 1. The molecule has 134 valence electrons. The number of benzene rings is 2. The third-order valence-corrected chi connectivity index (χ3v) is 5.18. The molecule has 0 atom stereocenters. The highest BCUT2D eigenvalue weighted by Gasteiger charge is 2.25. The zero-order valence-electron chi connectivity index (χ0n) is 15.2. The molecule has 0 amide bonds. The summed E-state index contributed by atoms with van der Waals surface area (Å²) in [6.45, 7) is 8.50. The van der Waals surface area contributed by atoms with Crippen LogP contribution in [0.5, 0.6) is 0 Å². The number of piperidine rings is 1. The van der Waals surface area contributed by atoms with Crippen molar-refractivity contribution < 1.29 is 4.39 Å². The maximum Gasteiger partial charge on any atom is 0.128 e. The quantitative estimate of drug-likeness (QED) is 0.494. The number of anilines is 4. The van der Waals surface area contributed by atoms with Crippen LogP contribution in [0.4, 0.5) is 27.1 Å². The van der Waals surface area contributed by atoms with Crippen LogP contribution in [0, 0.1) is 18.2 Å². The van der Waals surface area contributed by atoms with E-state index in [9.17, 15) is 4.39 Å². The Morgan fingerprint density at radius 1 is 1.08 bits per heavy atom. The molecule has 1 saturated heterocycles. The van der Waals surface area contributed by atoms with E-state index in [0.717, 1.165) is 18.8 Å². The average Bonchev–Trinajstić information content (AvgIpc) is 2.58. The lowest BCUT2D eigenvalue weighted by atomic mass is 9.82. The van der Waals surface area contributed by atoms with Crippen molar-refractivity contribution in [1.29, 1.82) is 0 Å². The molecule has 1 fully saturated rings. The summed E-state index contributed by atoms with van der Waals surface area (Å²) in [5.74, 6) is 5.90. The van der Waals surface area contributed by atoms with Crippen molar-refractivity contribution in [2.45, 2.75) is 33.6 Å². The lowest BCUT2D eigenvalue weighted by molar-refractivity contribution is 0.280. The fraction of sp³-hybridized carbons (Fsp3) is 0.400. The molecule has 0 aliphatic carbocycles. The van der Waals surface area contributed by atoms with Gasteiger partial charge in [0.1, 0.15) is 5.82 Å². The first-order valence-corrected chi connectivity index (χ1v) is 8.72. The van der Waals surface area contributed by atoms with Gasteiger partial charge in [0.05, 0.1) is 17.1 Å². The summed E-state index contributed by atoms with van der Waals surface area (Å²) in [5.41, 5.74) is 9.84. The van der Waals surface area contributed by atoms with Gasteiger partial charge in [0.25, 0.3) is 0 Å². The molecule has 0 bridgehead atoms. The Balaban J connectivity index is 1.77. The fourth-order valence-electron chi connectivity index (χ4n) is 3.22.